The van der Waals surface area contributed by atoms with E-state index >= 15 is 0 Å². The van der Waals surface area contributed by atoms with Crippen molar-refractivity contribution in [2.45, 2.75) is 49.2 Å². The number of ether oxygens (including phenoxy) is 1. The molecule has 4 aromatic rings. The van der Waals surface area contributed by atoms with Crippen molar-refractivity contribution in [3.63, 3.8) is 0 Å². The number of rotatable bonds is 10. The highest BCUT2D eigenvalue weighted by Crippen LogP contribution is 2.38. The number of methoxy groups -OCH3 is 1. The van der Waals surface area contributed by atoms with Crippen molar-refractivity contribution in [2.75, 3.05) is 17.7 Å². The van der Waals surface area contributed by atoms with E-state index in [0.29, 0.717) is 21.8 Å². The van der Waals surface area contributed by atoms with Crippen LogP contribution in [0.3, 0.4) is 0 Å². The number of nitrogens with one attached hydrogen (secondary N) is 3. The molecule has 0 spiro atoms. The van der Waals surface area contributed by atoms with Crippen LogP contribution in [0.1, 0.15) is 62.9 Å². The van der Waals surface area contributed by atoms with Crippen LogP contribution in [0, 0.1) is 0 Å². The number of esters is 1. The molecular formula is C36H34BrN3O5S2. The van der Waals surface area contributed by atoms with Gasteiger partial charge in [0.05, 0.1) is 17.9 Å². The van der Waals surface area contributed by atoms with Crippen molar-refractivity contribution in [1.29, 1.82) is 0 Å². The van der Waals surface area contributed by atoms with Crippen LogP contribution in [-0.4, -0.2) is 36.1 Å². The Morgan fingerprint density at radius 1 is 0.915 bits per heavy atom. The van der Waals surface area contributed by atoms with Gasteiger partial charge in [-0.15, -0.1) is 23.1 Å². The predicted octanol–water partition coefficient (Wildman–Crippen LogP) is 8.10. The van der Waals surface area contributed by atoms with Crippen molar-refractivity contribution in [3.8, 4) is 0 Å². The normalized spacial score (nSPS) is 13.5. The second-order valence-electron chi connectivity index (χ2n) is 10.9. The predicted molar refractivity (Wildman–Crippen MR) is 192 cm³/mol. The summed E-state index contributed by atoms with van der Waals surface area (Å²) in [7, 11) is 1.36. The molecule has 242 valence electrons. The molecule has 1 heterocycles. The lowest BCUT2D eigenvalue weighted by Gasteiger charge is -2.14. The summed E-state index contributed by atoms with van der Waals surface area (Å²) in [5, 5.41) is 8.63. The average Bonchev–Trinajstić information content (AvgIpc) is 3.24. The molecule has 1 aliphatic carbocycles. The number of hydrogen-bond donors (Lipinski definition) is 3. The first kappa shape index (κ1) is 34.2. The van der Waals surface area contributed by atoms with Gasteiger partial charge in [0, 0.05) is 25.5 Å². The highest BCUT2D eigenvalue weighted by Gasteiger charge is 2.27. The van der Waals surface area contributed by atoms with Gasteiger partial charge in [-0.3, -0.25) is 14.4 Å². The zero-order chi connectivity index (χ0) is 33.3. The van der Waals surface area contributed by atoms with E-state index in [1.54, 1.807) is 55.5 Å². The summed E-state index contributed by atoms with van der Waals surface area (Å²) in [4.78, 5) is 54.4. The molecule has 3 N–H and O–H groups in total. The number of fused-ring (bicyclic) bond motifs is 1. The molecule has 0 fully saturated rings. The fourth-order valence-electron chi connectivity index (χ4n) is 5.13. The minimum Gasteiger partial charge on any atom is -0.465 e. The summed E-state index contributed by atoms with van der Waals surface area (Å²) in [5.41, 5.74) is 3.18. The van der Waals surface area contributed by atoms with Crippen LogP contribution in [0.15, 0.2) is 93.9 Å². The van der Waals surface area contributed by atoms with Gasteiger partial charge in [-0.05, 0) is 92.3 Å². The lowest BCUT2D eigenvalue weighted by atomic mass is 10.1. The second kappa shape index (κ2) is 16.1. The Balaban J connectivity index is 1.29. The van der Waals surface area contributed by atoms with Crippen LogP contribution >= 0.6 is 39.0 Å². The van der Waals surface area contributed by atoms with Crippen molar-refractivity contribution in [3.05, 3.63) is 116 Å². The van der Waals surface area contributed by atoms with E-state index < -0.39 is 23.0 Å². The number of carbonyl (C=O) groups excluding carboxylic acids is 4. The van der Waals surface area contributed by atoms with Gasteiger partial charge in [-0.25, -0.2) is 4.79 Å². The molecule has 1 unspecified atom stereocenters. The van der Waals surface area contributed by atoms with E-state index in [4.69, 9.17) is 4.74 Å². The highest BCUT2D eigenvalue weighted by molar-refractivity contribution is 9.10. The molecule has 1 aromatic heterocycles. The lowest BCUT2D eigenvalue weighted by molar-refractivity contribution is -0.115. The number of thioether (sulfide) groups is 1. The average molecular weight is 733 g/mol. The Hall–Kier alpha value is -4.19. The molecule has 3 amide bonds. The number of thiophene rings is 1. The third-order valence-electron chi connectivity index (χ3n) is 7.53. The maximum Gasteiger partial charge on any atom is 0.341 e. The Morgan fingerprint density at radius 2 is 1.66 bits per heavy atom. The molecule has 1 aliphatic rings. The molecule has 0 radical (unpaired) electrons. The number of benzene rings is 3. The molecule has 47 heavy (non-hydrogen) atoms. The highest BCUT2D eigenvalue weighted by atomic mass is 79.9. The third-order valence-corrected chi connectivity index (χ3v) is 10.4. The van der Waals surface area contributed by atoms with Gasteiger partial charge in [0.1, 0.15) is 10.7 Å². The van der Waals surface area contributed by atoms with Gasteiger partial charge in [0.15, 0.2) is 0 Å². The van der Waals surface area contributed by atoms with E-state index in [1.165, 1.54) is 30.2 Å². The number of amides is 3. The monoisotopic (exact) mass is 731 g/mol. The molecular weight excluding hydrogens is 698 g/mol. The third kappa shape index (κ3) is 9.00. The van der Waals surface area contributed by atoms with Gasteiger partial charge in [-0.1, -0.05) is 58.7 Å². The zero-order valence-electron chi connectivity index (χ0n) is 25.9. The van der Waals surface area contributed by atoms with E-state index in [1.807, 2.05) is 36.4 Å². The first-order valence-electron chi connectivity index (χ1n) is 15.2. The maximum atomic E-state index is 13.5. The van der Waals surface area contributed by atoms with E-state index in [0.717, 1.165) is 57.5 Å². The van der Waals surface area contributed by atoms with Gasteiger partial charge < -0.3 is 20.7 Å². The van der Waals surface area contributed by atoms with Gasteiger partial charge >= 0.3 is 5.97 Å². The van der Waals surface area contributed by atoms with Gasteiger partial charge in [0.2, 0.25) is 5.91 Å². The molecule has 11 heteroatoms. The number of carbonyl (C=O) groups is 4. The van der Waals surface area contributed by atoms with Crippen LogP contribution in [0.4, 0.5) is 10.7 Å². The largest absolute Gasteiger partial charge is 0.465 e. The number of hydrogen-bond acceptors (Lipinski definition) is 7. The van der Waals surface area contributed by atoms with Crippen LogP contribution in [0.5, 0.6) is 0 Å². The van der Waals surface area contributed by atoms with Crippen molar-refractivity contribution >= 4 is 79.5 Å². The molecule has 1 atom stereocenters. The van der Waals surface area contributed by atoms with E-state index in [9.17, 15) is 19.2 Å². The zero-order valence-corrected chi connectivity index (χ0v) is 29.2. The molecule has 0 saturated heterocycles. The van der Waals surface area contributed by atoms with Crippen LogP contribution < -0.4 is 16.0 Å². The SMILES string of the molecule is COC(=O)c1c(NC(=O)C(C)Sc2cccc(NC(=O)/C(=C\c3ccc(Br)cc3)NC(=O)c3ccccc3)c2)sc2c1CCCCC2. The molecule has 0 saturated carbocycles. The quantitative estimate of drug-likeness (QED) is 0.0658. The molecule has 8 nitrogen and oxygen atoms in total. The molecule has 0 bridgehead atoms. The Bertz CT molecular complexity index is 1810. The van der Waals surface area contributed by atoms with Gasteiger partial charge in [0.25, 0.3) is 11.8 Å². The summed E-state index contributed by atoms with van der Waals surface area (Å²) in [6.45, 7) is 1.79. The maximum absolute atomic E-state index is 13.5. The first-order valence-corrected chi connectivity index (χ1v) is 17.7. The summed E-state index contributed by atoms with van der Waals surface area (Å²) >= 11 is 6.20. The topological polar surface area (TPSA) is 114 Å². The van der Waals surface area contributed by atoms with Crippen molar-refractivity contribution in [2.24, 2.45) is 0 Å². The number of halogens is 1. The standard InChI is InChI=1S/C36H34BrN3O5S2/c1-22(32(41)40-35-31(36(44)45-2)28-14-7-4-8-15-30(28)47-35)46-27-13-9-12-26(21-27)38-34(43)29(20-23-16-18-25(37)19-17-23)39-33(42)24-10-5-3-6-11-24/h3,5-6,9-13,16-22H,4,7-8,14-15H2,1-2H3,(H,38,43)(H,39,42)(H,40,41)/b29-20+. The van der Waals surface area contributed by atoms with Crippen molar-refractivity contribution in [1.82, 2.24) is 5.32 Å². The Morgan fingerprint density at radius 3 is 2.40 bits per heavy atom. The van der Waals surface area contributed by atoms with Crippen LogP contribution in [0.25, 0.3) is 6.08 Å². The van der Waals surface area contributed by atoms with Crippen LogP contribution in [-0.2, 0) is 27.2 Å². The van der Waals surface area contributed by atoms with Gasteiger partial charge in [-0.2, -0.15) is 0 Å². The minimum absolute atomic E-state index is 0.0720. The molecule has 5 rings (SSSR count). The van der Waals surface area contributed by atoms with E-state index in [2.05, 4.69) is 31.9 Å². The second-order valence-corrected chi connectivity index (χ2v) is 14.4. The summed E-state index contributed by atoms with van der Waals surface area (Å²) in [5.74, 6) is -1.59. The Kier molecular flexibility index (Phi) is 11.7. The molecule has 3 aromatic carbocycles. The summed E-state index contributed by atoms with van der Waals surface area (Å²) in [6, 6.07) is 23.2. The molecule has 0 aliphatic heterocycles. The van der Waals surface area contributed by atoms with E-state index in [-0.39, 0.29) is 11.6 Å². The fraction of sp³-hybridized carbons (Fsp3) is 0.222. The van der Waals surface area contributed by atoms with Crippen LogP contribution in [0.2, 0.25) is 0 Å². The first-order chi connectivity index (χ1) is 22.7. The minimum atomic E-state index is -0.508. The van der Waals surface area contributed by atoms with Crippen molar-refractivity contribution < 1.29 is 23.9 Å². The number of aryl methyl sites for hydroxylation is 1. The Labute approximate surface area is 290 Å². The fourth-order valence-corrected chi connectivity index (χ4v) is 7.60. The smallest absolute Gasteiger partial charge is 0.341 e. The lowest BCUT2D eigenvalue weighted by Crippen LogP contribution is -2.30. The summed E-state index contributed by atoms with van der Waals surface area (Å²) in [6.07, 6.45) is 6.47. The number of anilines is 2. The summed E-state index contributed by atoms with van der Waals surface area (Å²) < 4.78 is 5.96.